The molecule has 9 heteroatoms. The Balaban J connectivity index is 0.00000324. The quantitative estimate of drug-likeness (QED) is 0.451. The first-order chi connectivity index (χ1) is 15.7. The van der Waals surface area contributed by atoms with Gasteiger partial charge in [0.25, 0.3) is 0 Å². The number of aromatic nitrogens is 1. The maximum atomic E-state index is 12.3. The molecule has 0 spiro atoms. The van der Waals surface area contributed by atoms with Gasteiger partial charge in [-0.05, 0) is 63.6 Å². The summed E-state index contributed by atoms with van der Waals surface area (Å²) < 4.78 is 30.6. The van der Waals surface area contributed by atoms with Crippen LogP contribution in [-0.4, -0.2) is 61.1 Å². The van der Waals surface area contributed by atoms with Crippen LogP contribution in [0.4, 0.5) is 0 Å². The number of ether oxygens (including phenoxy) is 1. The monoisotopic (exact) mass is 546 g/mol. The maximum Gasteiger partial charge on any atom is 0.152 e. The molecule has 2 aromatic rings. The minimum atomic E-state index is -3.07. The lowest BCUT2D eigenvalue weighted by Gasteiger charge is -2.46. The van der Waals surface area contributed by atoms with Gasteiger partial charge in [-0.1, -0.05) is 30.7 Å². The van der Waals surface area contributed by atoms with Gasteiger partial charge in [0.15, 0.2) is 9.84 Å². The van der Waals surface area contributed by atoms with Crippen molar-refractivity contribution >= 4 is 45.2 Å². The molecule has 0 unspecified atom stereocenters. The molecule has 190 valence electrons. The second-order valence-corrected chi connectivity index (χ2v) is 13.6. The van der Waals surface area contributed by atoms with Gasteiger partial charge in [-0.15, -0.1) is 23.7 Å². The first-order valence-electron chi connectivity index (χ1n) is 12.0. The second-order valence-electron chi connectivity index (χ2n) is 9.53. The van der Waals surface area contributed by atoms with Crippen LogP contribution in [0.25, 0.3) is 0 Å². The zero-order valence-corrected chi connectivity index (χ0v) is 23.4. The fourth-order valence-electron chi connectivity index (χ4n) is 5.12. The molecule has 34 heavy (non-hydrogen) atoms. The summed E-state index contributed by atoms with van der Waals surface area (Å²) in [5, 5.41) is 2.03. The van der Waals surface area contributed by atoms with Crippen molar-refractivity contribution in [1.29, 1.82) is 0 Å². The van der Waals surface area contributed by atoms with Crippen LogP contribution in [0.5, 0.6) is 0 Å². The summed E-state index contributed by atoms with van der Waals surface area (Å²) in [4.78, 5) is 8.70. The van der Waals surface area contributed by atoms with Crippen LogP contribution in [0.2, 0.25) is 5.02 Å². The van der Waals surface area contributed by atoms with Crippen molar-refractivity contribution in [3.63, 3.8) is 0 Å². The minimum absolute atomic E-state index is 0. The largest absolute Gasteiger partial charge is 0.374 e. The third-order valence-electron chi connectivity index (χ3n) is 7.23. The van der Waals surface area contributed by atoms with Crippen LogP contribution in [0.3, 0.4) is 0 Å². The first kappa shape index (κ1) is 27.9. The summed E-state index contributed by atoms with van der Waals surface area (Å²) in [6.07, 6.45) is 5.15. The van der Waals surface area contributed by atoms with Crippen LogP contribution in [0, 0.1) is 13.8 Å². The molecular weight excluding hydrogens is 511 g/mol. The van der Waals surface area contributed by atoms with Gasteiger partial charge in [0, 0.05) is 40.2 Å². The molecule has 5 nitrogen and oxygen atoms in total. The van der Waals surface area contributed by atoms with Crippen LogP contribution in [0.15, 0.2) is 24.3 Å². The Hall–Kier alpha value is -0.700. The molecule has 2 atom stereocenters. The number of morpholine rings is 1. The third kappa shape index (κ3) is 6.95. The Morgan fingerprint density at radius 3 is 2.41 bits per heavy atom. The highest BCUT2D eigenvalue weighted by Gasteiger charge is 2.37. The van der Waals surface area contributed by atoms with Crippen LogP contribution in [-0.2, 0) is 21.0 Å². The number of sulfone groups is 1. The standard InChI is InChI=1S/C25H35ClN2O3S2.ClH/c1-4-33(29,30)16-24-14-28(23(15-31-24)13-19-5-9-21(26)10-6-19)22-11-7-20(8-12-22)25-27-17(2)18(3)32-25;/h5-6,9-10,20,22-24H,4,7-8,11-16H2,1-3H3;1H/t20?,22?,23-,24+;/m0./s1. The molecule has 1 saturated heterocycles. The summed E-state index contributed by atoms with van der Waals surface area (Å²) in [6, 6.07) is 8.74. The van der Waals surface area contributed by atoms with E-state index in [0.29, 0.717) is 25.1 Å². The van der Waals surface area contributed by atoms with Crippen molar-refractivity contribution in [2.24, 2.45) is 0 Å². The summed E-state index contributed by atoms with van der Waals surface area (Å²) in [5.41, 5.74) is 2.40. The van der Waals surface area contributed by atoms with Crippen LogP contribution >= 0.6 is 35.3 Å². The summed E-state index contributed by atoms with van der Waals surface area (Å²) in [7, 11) is -3.07. The van der Waals surface area contributed by atoms with E-state index >= 15 is 0 Å². The first-order valence-corrected chi connectivity index (χ1v) is 15.0. The molecule has 0 bridgehead atoms. The molecule has 1 aromatic heterocycles. The molecule has 1 aromatic carbocycles. The van der Waals surface area contributed by atoms with E-state index in [1.54, 1.807) is 6.92 Å². The summed E-state index contributed by atoms with van der Waals surface area (Å²) in [5.74, 6) is 0.824. The van der Waals surface area contributed by atoms with Crippen molar-refractivity contribution in [2.45, 2.75) is 77.0 Å². The average Bonchev–Trinajstić information content (AvgIpc) is 3.14. The molecule has 2 heterocycles. The number of aryl methyl sites for hydroxylation is 2. The van der Waals surface area contributed by atoms with Gasteiger partial charge >= 0.3 is 0 Å². The molecule has 0 N–H and O–H groups in total. The van der Waals surface area contributed by atoms with Gasteiger partial charge in [-0.2, -0.15) is 0 Å². The van der Waals surface area contributed by atoms with E-state index in [0.717, 1.165) is 42.8 Å². The number of thiazole rings is 1. The van der Waals surface area contributed by atoms with Gasteiger partial charge in [0.1, 0.15) is 0 Å². The lowest BCUT2D eigenvalue weighted by Crippen LogP contribution is -2.56. The number of nitrogens with zero attached hydrogens (tertiary/aromatic N) is 2. The lowest BCUT2D eigenvalue weighted by molar-refractivity contribution is -0.0755. The highest BCUT2D eigenvalue weighted by molar-refractivity contribution is 7.91. The summed E-state index contributed by atoms with van der Waals surface area (Å²) >= 11 is 7.93. The third-order valence-corrected chi connectivity index (χ3v) is 10.5. The molecule has 1 saturated carbocycles. The Labute approximate surface area is 219 Å². The number of hydrogen-bond acceptors (Lipinski definition) is 6. The van der Waals surface area contributed by atoms with E-state index in [-0.39, 0.29) is 36.1 Å². The smallest absolute Gasteiger partial charge is 0.152 e. The molecule has 0 radical (unpaired) electrons. The van der Waals surface area contributed by atoms with E-state index in [1.807, 2.05) is 23.5 Å². The molecule has 1 aliphatic carbocycles. The number of rotatable bonds is 7. The number of hydrogen-bond donors (Lipinski definition) is 0. The van der Waals surface area contributed by atoms with Gasteiger partial charge in [0.2, 0.25) is 0 Å². The SMILES string of the molecule is CCS(=O)(=O)C[C@H]1CN(C2CCC(c3nc(C)c(C)s3)CC2)[C@@H](Cc2ccc(Cl)cc2)CO1.Cl. The van der Waals surface area contributed by atoms with E-state index in [4.69, 9.17) is 21.3 Å². The average molecular weight is 548 g/mol. The van der Waals surface area contributed by atoms with E-state index in [1.165, 1.54) is 15.4 Å². The van der Waals surface area contributed by atoms with Gasteiger partial charge in [-0.25, -0.2) is 13.4 Å². The Morgan fingerprint density at radius 1 is 1.15 bits per heavy atom. The van der Waals surface area contributed by atoms with Crippen LogP contribution < -0.4 is 0 Å². The molecule has 2 aliphatic rings. The van der Waals surface area contributed by atoms with Gasteiger partial charge < -0.3 is 4.74 Å². The molecule has 4 rings (SSSR count). The predicted molar refractivity (Wildman–Crippen MR) is 144 cm³/mol. The highest BCUT2D eigenvalue weighted by Crippen LogP contribution is 2.38. The lowest BCUT2D eigenvalue weighted by atomic mass is 9.84. The molecule has 1 aliphatic heterocycles. The summed E-state index contributed by atoms with van der Waals surface area (Å²) in [6.45, 7) is 7.21. The number of halogens is 2. The van der Waals surface area contributed by atoms with Gasteiger partial charge in [-0.3, -0.25) is 4.90 Å². The Bertz CT molecular complexity index is 1020. The molecule has 0 amide bonds. The fourth-order valence-corrected chi connectivity index (χ4v) is 7.35. The normalized spacial score (nSPS) is 26.2. The van der Waals surface area contributed by atoms with Crippen molar-refractivity contribution in [2.75, 3.05) is 24.7 Å². The predicted octanol–water partition coefficient (Wildman–Crippen LogP) is 5.61. The van der Waals surface area contributed by atoms with Crippen molar-refractivity contribution in [1.82, 2.24) is 9.88 Å². The zero-order chi connectivity index (χ0) is 23.6. The maximum absolute atomic E-state index is 12.3. The minimum Gasteiger partial charge on any atom is -0.374 e. The molecular formula is C25H36Cl2N2O3S2. The van der Waals surface area contributed by atoms with Crippen LogP contribution in [0.1, 0.15) is 59.7 Å². The van der Waals surface area contributed by atoms with Gasteiger partial charge in [0.05, 0.1) is 29.2 Å². The van der Waals surface area contributed by atoms with Crippen molar-refractivity contribution in [3.05, 3.63) is 50.4 Å². The second kappa shape index (κ2) is 12.0. The van der Waals surface area contributed by atoms with E-state index < -0.39 is 9.84 Å². The Morgan fingerprint density at radius 2 is 1.82 bits per heavy atom. The molecule has 2 fully saturated rings. The van der Waals surface area contributed by atoms with Crippen molar-refractivity contribution < 1.29 is 13.2 Å². The fraction of sp³-hybridized carbons (Fsp3) is 0.640. The topological polar surface area (TPSA) is 59.5 Å². The van der Waals surface area contributed by atoms with E-state index in [9.17, 15) is 8.42 Å². The number of benzene rings is 1. The zero-order valence-electron chi connectivity index (χ0n) is 20.2. The van der Waals surface area contributed by atoms with E-state index in [2.05, 4.69) is 30.9 Å². The highest BCUT2D eigenvalue weighted by atomic mass is 35.5. The Kier molecular flexibility index (Phi) is 9.86. The van der Waals surface area contributed by atoms with Crippen molar-refractivity contribution in [3.8, 4) is 0 Å².